The zero-order valence-electron chi connectivity index (χ0n) is 13.6. The lowest BCUT2D eigenvalue weighted by Crippen LogP contribution is -2.50. The number of halogens is 3. The van der Waals surface area contributed by atoms with E-state index in [9.17, 15) is 13.2 Å². The van der Waals surface area contributed by atoms with Gasteiger partial charge in [0.25, 0.3) is 0 Å². The molecule has 2 rings (SSSR count). The topological polar surface area (TPSA) is 12.0 Å². The van der Waals surface area contributed by atoms with Crippen LogP contribution < -0.4 is 5.32 Å². The molecule has 0 radical (unpaired) electrons. The molecule has 21 heavy (non-hydrogen) atoms. The first-order chi connectivity index (χ1) is 9.68. The Bertz CT molecular complexity index is 332. The Hall–Kier alpha value is -0.250. The normalized spacial score (nSPS) is 35.7. The zero-order chi connectivity index (χ0) is 15.7. The fourth-order valence-corrected chi connectivity index (χ4v) is 4.31. The highest BCUT2D eigenvalue weighted by atomic mass is 19.4. The van der Waals surface area contributed by atoms with Gasteiger partial charge in [0.05, 0.1) is 5.92 Å². The highest BCUT2D eigenvalue weighted by Crippen LogP contribution is 2.41. The Balaban J connectivity index is 1.96. The summed E-state index contributed by atoms with van der Waals surface area (Å²) in [7, 11) is 0. The van der Waals surface area contributed by atoms with Crippen molar-refractivity contribution in [2.45, 2.75) is 90.4 Å². The van der Waals surface area contributed by atoms with Crippen LogP contribution in [0.25, 0.3) is 0 Å². The Morgan fingerprint density at radius 3 is 2.14 bits per heavy atom. The van der Waals surface area contributed by atoms with E-state index in [1.54, 1.807) is 0 Å². The first kappa shape index (κ1) is 17.1. The van der Waals surface area contributed by atoms with Gasteiger partial charge < -0.3 is 5.32 Å². The molecule has 4 unspecified atom stereocenters. The van der Waals surface area contributed by atoms with Crippen molar-refractivity contribution >= 4 is 0 Å². The van der Waals surface area contributed by atoms with Crippen LogP contribution in [0, 0.1) is 17.3 Å². The lowest BCUT2D eigenvalue weighted by atomic mass is 9.69. The minimum absolute atomic E-state index is 0.0540. The van der Waals surface area contributed by atoms with Gasteiger partial charge in [0, 0.05) is 12.1 Å². The van der Waals surface area contributed by atoms with Crippen LogP contribution in [0.3, 0.4) is 0 Å². The lowest BCUT2D eigenvalue weighted by molar-refractivity contribution is -0.184. The van der Waals surface area contributed by atoms with E-state index < -0.39 is 12.1 Å². The molecule has 2 aliphatic rings. The second-order valence-corrected chi connectivity index (χ2v) is 8.13. The van der Waals surface area contributed by atoms with Gasteiger partial charge in [0.15, 0.2) is 0 Å². The van der Waals surface area contributed by atoms with Gasteiger partial charge in [0.2, 0.25) is 0 Å². The van der Waals surface area contributed by atoms with E-state index in [1.807, 2.05) is 0 Å². The van der Waals surface area contributed by atoms with Gasteiger partial charge in [-0.2, -0.15) is 13.2 Å². The van der Waals surface area contributed by atoms with Crippen LogP contribution in [0.4, 0.5) is 13.2 Å². The van der Waals surface area contributed by atoms with Crippen LogP contribution >= 0.6 is 0 Å². The molecule has 2 aliphatic carbocycles. The van der Waals surface area contributed by atoms with E-state index in [2.05, 4.69) is 26.1 Å². The first-order valence-electron chi connectivity index (χ1n) is 8.50. The van der Waals surface area contributed by atoms with Crippen molar-refractivity contribution in [3.8, 4) is 0 Å². The summed E-state index contributed by atoms with van der Waals surface area (Å²) in [5.41, 5.74) is 0.232. The zero-order valence-corrected chi connectivity index (χ0v) is 13.6. The third kappa shape index (κ3) is 4.61. The maximum atomic E-state index is 12.9. The maximum Gasteiger partial charge on any atom is 0.391 e. The van der Waals surface area contributed by atoms with Gasteiger partial charge >= 0.3 is 6.18 Å². The molecular weight excluding hydrogens is 275 g/mol. The largest absolute Gasteiger partial charge is 0.391 e. The van der Waals surface area contributed by atoms with Crippen LogP contribution in [0.5, 0.6) is 0 Å². The molecule has 124 valence electrons. The monoisotopic (exact) mass is 305 g/mol. The van der Waals surface area contributed by atoms with Gasteiger partial charge in [0.1, 0.15) is 0 Å². The van der Waals surface area contributed by atoms with E-state index in [0.717, 1.165) is 12.8 Å². The van der Waals surface area contributed by atoms with Crippen molar-refractivity contribution < 1.29 is 13.2 Å². The molecule has 4 atom stereocenters. The third-order valence-corrected chi connectivity index (χ3v) is 5.47. The Morgan fingerprint density at radius 1 is 0.857 bits per heavy atom. The van der Waals surface area contributed by atoms with Crippen molar-refractivity contribution in [2.75, 3.05) is 0 Å². The van der Waals surface area contributed by atoms with Crippen LogP contribution in [-0.2, 0) is 0 Å². The van der Waals surface area contributed by atoms with E-state index in [1.165, 1.54) is 19.3 Å². The molecule has 4 heteroatoms. The van der Waals surface area contributed by atoms with Crippen molar-refractivity contribution in [3.05, 3.63) is 0 Å². The summed E-state index contributed by atoms with van der Waals surface area (Å²) in [6.07, 6.45) is 2.97. The summed E-state index contributed by atoms with van der Waals surface area (Å²) >= 11 is 0. The predicted octanol–water partition coefficient (Wildman–Crippen LogP) is 5.30. The maximum absolute atomic E-state index is 12.9. The molecule has 1 nitrogen and oxygen atoms in total. The van der Waals surface area contributed by atoms with Gasteiger partial charge in [-0.05, 0) is 43.4 Å². The Labute approximate surface area is 127 Å². The van der Waals surface area contributed by atoms with E-state index in [4.69, 9.17) is 0 Å². The third-order valence-electron chi connectivity index (χ3n) is 5.47. The molecule has 0 aromatic heterocycles. The molecule has 0 aliphatic heterocycles. The Kier molecular flexibility index (Phi) is 5.27. The number of hydrogen-bond acceptors (Lipinski definition) is 1. The van der Waals surface area contributed by atoms with Crippen molar-refractivity contribution in [1.29, 1.82) is 0 Å². The summed E-state index contributed by atoms with van der Waals surface area (Å²) in [5.74, 6) is -0.516. The van der Waals surface area contributed by atoms with Crippen molar-refractivity contribution in [1.82, 2.24) is 5.32 Å². The number of rotatable bonds is 2. The summed E-state index contributed by atoms with van der Waals surface area (Å²) in [4.78, 5) is 0. The van der Waals surface area contributed by atoms with E-state index in [-0.39, 0.29) is 17.9 Å². The molecule has 0 aromatic carbocycles. The lowest BCUT2D eigenvalue weighted by Gasteiger charge is -2.43. The number of hydrogen-bond donors (Lipinski definition) is 1. The molecule has 0 bridgehead atoms. The highest BCUT2D eigenvalue weighted by Gasteiger charge is 2.43. The SMILES string of the molecule is CC(C)(C)C1CCCCC1NC1CCCC(C(F)(F)F)C1. The standard InChI is InChI=1S/C17H30F3N/c1-16(2,3)14-9-4-5-10-15(14)21-13-8-6-7-12(11-13)17(18,19)20/h12-15,21H,4-11H2,1-3H3. The molecule has 0 heterocycles. The molecule has 0 saturated heterocycles. The number of nitrogens with one attached hydrogen (secondary N) is 1. The molecule has 0 amide bonds. The molecule has 1 N–H and O–H groups in total. The summed E-state index contributed by atoms with van der Waals surface area (Å²) in [6, 6.07) is 0.453. The van der Waals surface area contributed by atoms with Gasteiger partial charge in [-0.1, -0.05) is 40.0 Å². The average molecular weight is 305 g/mol. The minimum atomic E-state index is -4.02. The highest BCUT2D eigenvalue weighted by molar-refractivity contribution is 4.92. The Morgan fingerprint density at radius 2 is 1.52 bits per heavy atom. The summed E-state index contributed by atoms with van der Waals surface area (Å²) < 4.78 is 38.8. The van der Waals surface area contributed by atoms with E-state index in [0.29, 0.717) is 24.8 Å². The molecule has 2 saturated carbocycles. The van der Waals surface area contributed by atoms with Crippen LogP contribution in [0.15, 0.2) is 0 Å². The van der Waals surface area contributed by atoms with E-state index >= 15 is 0 Å². The fraction of sp³-hybridized carbons (Fsp3) is 1.00. The van der Waals surface area contributed by atoms with Crippen LogP contribution in [-0.4, -0.2) is 18.3 Å². The quantitative estimate of drug-likeness (QED) is 0.729. The summed E-state index contributed by atoms with van der Waals surface area (Å²) in [5, 5.41) is 3.62. The fourth-order valence-electron chi connectivity index (χ4n) is 4.31. The number of alkyl halides is 3. The second kappa shape index (κ2) is 6.47. The smallest absolute Gasteiger partial charge is 0.311 e. The summed E-state index contributed by atoms with van der Waals surface area (Å²) in [6.45, 7) is 6.78. The molecule has 0 spiro atoms. The predicted molar refractivity (Wildman–Crippen MR) is 80.1 cm³/mol. The van der Waals surface area contributed by atoms with Gasteiger partial charge in [-0.3, -0.25) is 0 Å². The van der Waals surface area contributed by atoms with Gasteiger partial charge in [-0.25, -0.2) is 0 Å². The average Bonchev–Trinajstić information content (AvgIpc) is 2.37. The van der Waals surface area contributed by atoms with Crippen molar-refractivity contribution in [2.24, 2.45) is 17.3 Å². The van der Waals surface area contributed by atoms with Crippen LogP contribution in [0.1, 0.15) is 72.1 Å². The molecular formula is C17H30F3N. The van der Waals surface area contributed by atoms with Gasteiger partial charge in [-0.15, -0.1) is 0 Å². The van der Waals surface area contributed by atoms with Crippen molar-refractivity contribution in [3.63, 3.8) is 0 Å². The minimum Gasteiger partial charge on any atom is -0.311 e. The first-order valence-corrected chi connectivity index (χ1v) is 8.50. The molecule has 0 aromatic rings. The van der Waals surface area contributed by atoms with Crippen LogP contribution in [0.2, 0.25) is 0 Å². The molecule has 2 fully saturated rings. The second-order valence-electron chi connectivity index (χ2n) is 8.13.